The minimum atomic E-state index is 0.126. The van der Waals surface area contributed by atoms with Crippen molar-refractivity contribution in [2.24, 2.45) is 5.73 Å². The Bertz CT molecular complexity index is 408. The summed E-state index contributed by atoms with van der Waals surface area (Å²) in [7, 11) is 3.35. The molecule has 1 aromatic rings. The maximum Gasteiger partial charge on any atom is 0.216 e. The van der Waals surface area contributed by atoms with Crippen molar-refractivity contribution in [1.82, 2.24) is 4.98 Å². The van der Waals surface area contributed by atoms with Gasteiger partial charge in [-0.15, -0.1) is 0 Å². The molecule has 4 nitrogen and oxygen atoms in total. The maximum atomic E-state index is 6.03. The van der Waals surface area contributed by atoms with Crippen molar-refractivity contribution in [2.75, 3.05) is 14.2 Å². The minimum absolute atomic E-state index is 0.126. The van der Waals surface area contributed by atoms with Crippen molar-refractivity contribution >= 4 is 0 Å². The van der Waals surface area contributed by atoms with Gasteiger partial charge in [0.05, 0.1) is 19.9 Å². The summed E-state index contributed by atoms with van der Waals surface area (Å²) in [4.78, 5) is 4.62. The van der Waals surface area contributed by atoms with E-state index in [4.69, 9.17) is 15.2 Å². The van der Waals surface area contributed by atoms with Crippen LogP contribution in [0, 0.1) is 0 Å². The summed E-state index contributed by atoms with van der Waals surface area (Å²) >= 11 is 0. The van der Waals surface area contributed by atoms with Gasteiger partial charge in [-0.3, -0.25) is 0 Å². The van der Waals surface area contributed by atoms with Gasteiger partial charge in [0.1, 0.15) is 5.75 Å². The molecule has 1 aromatic heterocycles. The molecule has 0 aliphatic carbocycles. The molecule has 0 spiro atoms. The molecule has 1 atom stereocenters. The highest BCUT2D eigenvalue weighted by Gasteiger charge is 2.14. The maximum absolute atomic E-state index is 6.03. The van der Waals surface area contributed by atoms with E-state index in [1.54, 1.807) is 14.2 Å². The highest BCUT2D eigenvalue weighted by atomic mass is 16.5. The number of nitrogens with zero attached hydrogens (tertiary/aromatic N) is 1. The Kier molecular flexibility index (Phi) is 7.37. The number of hydrogen-bond acceptors (Lipinski definition) is 4. The van der Waals surface area contributed by atoms with Gasteiger partial charge >= 0.3 is 0 Å². The summed E-state index contributed by atoms with van der Waals surface area (Å²) in [5.41, 5.74) is 8.04. The number of aromatic nitrogens is 1. The Morgan fingerprint density at radius 1 is 1.20 bits per heavy atom. The van der Waals surface area contributed by atoms with E-state index in [0.717, 1.165) is 42.7 Å². The highest BCUT2D eigenvalue weighted by molar-refractivity contribution is 5.39. The van der Waals surface area contributed by atoms with Crippen LogP contribution in [0.25, 0.3) is 0 Å². The summed E-state index contributed by atoms with van der Waals surface area (Å²) in [5, 5.41) is 0. The van der Waals surface area contributed by atoms with Gasteiger partial charge in [-0.1, -0.05) is 26.7 Å². The van der Waals surface area contributed by atoms with Gasteiger partial charge in [0.2, 0.25) is 5.88 Å². The second kappa shape index (κ2) is 8.80. The van der Waals surface area contributed by atoms with Crippen LogP contribution < -0.4 is 15.2 Å². The third-order valence-electron chi connectivity index (χ3n) is 3.54. The summed E-state index contributed by atoms with van der Waals surface area (Å²) in [6.07, 6.45) is 6.14. The molecule has 1 unspecified atom stereocenters. The molecule has 0 aliphatic rings. The first-order chi connectivity index (χ1) is 9.65. The lowest BCUT2D eigenvalue weighted by molar-refractivity contribution is 0.375. The normalized spacial score (nSPS) is 12.2. The summed E-state index contributed by atoms with van der Waals surface area (Å²) in [5.74, 6) is 1.53. The fraction of sp³-hybridized carbons (Fsp3) is 0.688. The van der Waals surface area contributed by atoms with E-state index < -0.39 is 0 Å². The molecule has 0 fully saturated rings. The zero-order valence-corrected chi connectivity index (χ0v) is 13.2. The molecule has 0 radical (unpaired) electrons. The van der Waals surface area contributed by atoms with Gasteiger partial charge in [0, 0.05) is 11.6 Å². The van der Waals surface area contributed by atoms with Crippen molar-refractivity contribution in [3.8, 4) is 11.6 Å². The molecule has 1 rings (SSSR count). The molecule has 0 bridgehead atoms. The lowest BCUT2D eigenvalue weighted by Gasteiger charge is -2.16. The number of pyridine rings is 1. The van der Waals surface area contributed by atoms with Crippen molar-refractivity contribution in [1.29, 1.82) is 0 Å². The zero-order valence-electron chi connectivity index (χ0n) is 13.2. The van der Waals surface area contributed by atoms with E-state index in [1.807, 2.05) is 6.07 Å². The van der Waals surface area contributed by atoms with Gasteiger partial charge < -0.3 is 15.2 Å². The van der Waals surface area contributed by atoms with Crippen LogP contribution in [0.3, 0.4) is 0 Å². The Morgan fingerprint density at radius 3 is 2.50 bits per heavy atom. The van der Waals surface area contributed by atoms with E-state index in [0.29, 0.717) is 5.88 Å². The molecule has 0 aliphatic heterocycles. The fourth-order valence-electron chi connectivity index (χ4n) is 2.20. The summed E-state index contributed by atoms with van der Waals surface area (Å²) < 4.78 is 10.9. The van der Waals surface area contributed by atoms with E-state index in [1.165, 1.54) is 12.8 Å². The van der Waals surface area contributed by atoms with Crippen molar-refractivity contribution in [3.05, 3.63) is 17.3 Å². The van der Waals surface area contributed by atoms with Gasteiger partial charge in [0.15, 0.2) is 0 Å². The number of rotatable bonds is 9. The molecule has 0 saturated heterocycles. The molecule has 114 valence electrons. The molecular formula is C16H28N2O2. The number of aryl methyl sites for hydroxylation is 1. The Hall–Kier alpha value is -1.29. The van der Waals surface area contributed by atoms with Crippen LogP contribution in [0.5, 0.6) is 11.6 Å². The highest BCUT2D eigenvalue weighted by Crippen LogP contribution is 2.27. The van der Waals surface area contributed by atoms with Gasteiger partial charge in [-0.05, 0) is 31.7 Å². The molecule has 0 amide bonds. The summed E-state index contributed by atoms with van der Waals surface area (Å²) in [6.45, 7) is 4.28. The predicted octanol–water partition coefficient (Wildman–Crippen LogP) is 3.11. The molecule has 1 heterocycles. The second-order valence-corrected chi connectivity index (χ2v) is 5.14. The molecule has 2 N–H and O–H groups in total. The number of hydrogen-bond donors (Lipinski definition) is 1. The molecule has 0 aromatic carbocycles. The van der Waals surface area contributed by atoms with Gasteiger partial charge in [0.25, 0.3) is 0 Å². The SMILES string of the molecule is CCCCCc1nc(OC)c(CC(N)CC)cc1OC. The van der Waals surface area contributed by atoms with Crippen LogP contribution in [0.4, 0.5) is 0 Å². The van der Waals surface area contributed by atoms with Crippen LogP contribution in [0.15, 0.2) is 6.07 Å². The second-order valence-electron chi connectivity index (χ2n) is 5.14. The Balaban J connectivity index is 2.97. The number of ether oxygens (including phenoxy) is 2. The lowest BCUT2D eigenvalue weighted by atomic mass is 10.0. The predicted molar refractivity (Wildman–Crippen MR) is 82.5 cm³/mol. The number of unbranched alkanes of at least 4 members (excludes halogenated alkanes) is 2. The van der Waals surface area contributed by atoms with Crippen molar-refractivity contribution in [2.45, 2.75) is 58.4 Å². The first-order valence-corrected chi connectivity index (χ1v) is 7.52. The fourth-order valence-corrected chi connectivity index (χ4v) is 2.20. The van der Waals surface area contributed by atoms with Crippen LogP contribution in [-0.4, -0.2) is 25.2 Å². The summed E-state index contributed by atoms with van der Waals surface area (Å²) in [6, 6.07) is 2.16. The largest absolute Gasteiger partial charge is 0.495 e. The third kappa shape index (κ3) is 4.67. The lowest BCUT2D eigenvalue weighted by Crippen LogP contribution is -2.22. The smallest absolute Gasteiger partial charge is 0.216 e. The third-order valence-corrected chi connectivity index (χ3v) is 3.54. The quantitative estimate of drug-likeness (QED) is 0.706. The molecule has 4 heteroatoms. The standard InChI is InChI=1S/C16H28N2O2/c1-5-7-8-9-14-15(19-3)11-12(10-13(17)6-2)16(18-14)20-4/h11,13H,5-10,17H2,1-4H3. The Morgan fingerprint density at radius 2 is 1.95 bits per heavy atom. The van der Waals surface area contributed by atoms with Gasteiger partial charge in [-0.2, -0.15) is 0 Å². The molecule has 20 heavy (non-hydrogen) atoms. The number of methoxy groups -OCH3 is 2. The van der Waals surface area contributed by atoms with E-state index in [9.17, 15) is 0 Å². The van der Waals surface area contributed by atoms with Crippen LogP contribution in [0.1, 0.15) is 50.8 Å². The van der Waals surface area contributed by atoms with Crippen LogP contribution >= 0.6 is 0 Å². The average Bonchev–Trinajstić information content (AvgIpc) is 2.47. The molecular weight excluding hydrogens is 252 g/mol. The van der Waals surface area contributed by atoms with E-state index in [-0.39, 0.29) is 6.04 Å². The molecule has 0 saturated carbocycles. The first-order valence-electron chi connectivity index (χ1n) is 7.52. The van der Waals surface area contributed by atoms with Gasteiger partial charge in [-0.25, -0.2) is 4.98 Å². The van der Waals surface area contributed by atoms with Crippen LogP contribution in [0.2, 0.25) is 0 Å². The van der Waals surface area contributed by atoms with Crippen molar-refractivity contribution in [3.63, 3.8) is 0 Å². The Labute approximate surface area is 122 Å². The topological polar surface area (TPSA) is 57.4 Å². The average molecular weight is 280 g/mol. The monoisotopic (exact) mass is 280 g/mol. The van der Waals surface area contributed by atoms with Crippen LogP contribution in [-0.2, 0) is 12.8 Å². The van der Waals surface area contributed by atoms with E-state index >= 15 is 0 Å². The minimum Gasteiger partial charge on any atom is -0.495 e. The zero-order chi connectivity index (χ0) is 15.0. The van der Waals surface area contributed by atoms with E-state index in [2.05, 4.69) is 18.8 Å². The van der Waals surface area contributed by atoms with Crippen molar-refractivity contribution < 1.29 is 9.47 Å². The first kappa shape index (κ1) is 16.8. The number of nitrogens with two attached hydrogens (primary N) is 1.